The number of halogens is 1. The maximum atomic E-state index is 6.23. The topological polar surface area (TPSA) is 45.2 Å². The SMILES string of the molecule is Cc1cc(N(C)C2CCN(c3ncccc3Cl)C2)ncn1. The molecule has 1 fully saturated rings. The fourth-order valence-electron chi connectivity index (χ4n) is 2.68. The predicted molar refractivity (Wildman–Crippen MR) is 85.0 cm³/mol. The number of rotatable bonds is 3. The molecule has 0 aromatic carbocycles. The van der Waals surface area contributed by atoms with E-state index in [0.29, 0.717) is 11.1 Å². The number of hydrogen-bond donors (Lipinski definition) is 0. The molecule has 3 rings (SSSR count). The van der Waals surface area contributed by atoms with Crippen LogP contribution in [0.25, 0.3) is 0 Å². The summed E-state index contributed by atoms with van der Waals surface area (Å²) in [5.41, 5.74) is 0.981. The number of aromatic nitrogens is 3. The number of hydrogen-bond acceptors (Lipinski definition) is 5. The first-order valence-corrected chi connectivity index (χ1v) is 7.40. The van der Waals surface area contributed by atoms with E-state index in [-0.39, 0.29) is 0 Å². The Balaban J connectivity index is 1.74. The molecule has 0 saturated carbocycles. The third-order valence-corrected chi connectivity index (χ3v) is 4.20. The highest BCUT2D eigenvalue weighted by atomic mass is 35.5. The Morgan fingerprint density at radius 3 is 2.95 bits per heavy atom. The number of aryl methyl sites for hydroxylation is 1. The summed E-state index contributed by atoms with van der Waals surface area (Å²) in [4.78, 5) is 17.3. The average Bonchev–Trinajstić information content (AvgIpc) is 2.96. The van der Waals surface area contributed by atoms with Crippen molar-refractivity contribution in [3.8, 4) is 0 Å². The van der Waals surface area contributed by atoms with E-state index in [1.165, 1.54) is 0 Å². The number of pyridine rings is 1. The summed E-state index contributed by atoms with van der Waals surface area (Å²) in [6.45, 7) is 3.83. The smallest absolute Gasteiger partial charge is 0.147 e. The summed E-state index contributed by atoms with van der Waals surface area (Å²) < 4.78 is 0. The molecular weight excluding hydrogens is 286 g/mol. The monoisotopic (exact) mass is 303 g/mol. The minimum Gasteiger partial charge on any atom is -0.355 e. The van der Waals surface area contributed by atoms with Gasteiger partial charge in [-0.3, -0.25) is 0 Å². The molecule has 1 aliphatic heterocycles. The first kappa shape index (κ1) is 14.1. The van der Waals surface area contributed by atoms with Crippen LogP contribution in [-0.2, 0) is 0 Å². The maximum Gasteiger partial charge on any atom is 0.147 e. The summed E-state index contributed by atoms with van der Waals surface area (Å²) in [6.07, 6.45) is 4.46. The van der Waals surface area contributed by atoms with Gasteiger partial charge in [0.1, 0.15) is 18.0 Å². The van der Waals surface area contributed by atoms with Crippen molar-refractivity contribution in [1.82, 2.24) is 15.0 Å². The minimum atomic E-state index is 0.400. The van der Waals surface area contributed by atoms with Crippen molar-refractivity contribution in [1.29, 1.82) is 0 Å². The molecule has 110 valence electrons. The fraction of sp³-hybridized carbons (Fsp3) is 0.400. The third kappa shape index (κ3) is 2.93. The third-order valence-electron chi connectivity index (χ3n) is 3.90. The van der Waals surface area contributed by atoms with Gasteiger partial charge in [-0.25, -0.2) is 15.0 Å². The first-order chi connectivity index (χ1) is 10.1. The van der Waals surface area contributed by atoms with Crippen LogP contribution in [0.4, 0.5) is 11.6 Å². The van der Waals surface area contributed by atoms with Crippen LogP contribution in [0, 0.1) is 6.92 Å². The summed E-state index contributed by atoms with van der Waals surface area (Å²) in [6, 6.07) is 6.15. The van der Waals surface area contributed by atoms with Gasteiger partial charge in [0.05, 0.1) is 5.02 Å². The molecule has 0 amide bonds. The van der Waals surface area contributed by atoms with Crippen molar-refractivity contribution < 1.29 is 0 Å². The van der Waals surface area contributed by atoms with E-state index in [1.54, 1.807) is 12.5 Å². The Labute approximate surface area is 129 Å². The first-order valence-electron chi connectivity index (χ1n) is 7.02. The molecule has 0 bridgehead atoms. The van der Waals surface area contributed by atoms with Gasteiger partial charge in [0, 0.05) is 44.1 Å². The van der Waals surface area contributed by atoms with E-state index >= 15 is 0 Å². The van der Waals surface area contributed by atoms with E-state index in [0.717, 1.165) is 36.8 Å². The van der Waals surface area contributed by atoms with E-state index in [4.69, 9.17) is 11.6 Å². The highest BCUT2D eigenvalue weighted by Crippen LogP contribution is 2.28. The van der Waals surface area contributed by atoms with E-state index in [1.807, 2.05) is 25.1 Å². The zero-order valence-electron chi connectivity index (χ0n) is 12.2. The molecule has 3 heterocycles. The van der Waals surface area contributed by atoms with Crippen LogP contribution >= 0.6 is 11.6 Å². The highest BCUT2D eigenvalue weighted by Gasteiger charge is 2.28. The summed E-state index contributed by atoms with van der Waals surface area (Å²) in [7, 11) is 2.08. The van der Waals surface area contributed by atoms with Gasteiger partial charge in [-0.15, -0.1) is 0 Å². The molecule has 6 heteroatoms. The lowest BCUT2D eigenvalue weighted by atomic mass is 10.2. The van der Waals surface area contributed by atoms with Crippen LogP contribution in [0.5, 0.6) is 0 Å². The molecule has 1 atom stereocenters. The lowest BCUT2D eigenvalue weighted by molar-refractivity contribution is 0.682. The van der Waals surface area contributed by atoms with E-state index in [9.17, 15) is 0 Å². The predicted octanol–water partition coefficient (Wildman–Crippen LogP) is 2.55. The highest BCUT2D eigenvalue weighted by molar-refractivity contribution is 6.32. The minimum absolute atomic E-state index is 0.400. The van der Waals surface area contributed by atoms with Gasteiger partial charge in [-0.2, -0.15) is 0 Å². The molecule has 21 heavy (non-hydrogen) atoms. The van der Waals surface area contributed by atoms with Crippen molar-refractivity contribution in [2.45, 2.75) is 19.4 Å². The Bertz CT molecular complexity index is 633. The zero-order valence-corrected chi connectivity index (χ0v) is 13.0. The molecule has 1 unspecified atom stereocenters. The number of likely N-dealkylation sites (N-methyl/N-ethyl adjacent to an activating group) is 1. The van der Waals surface area contributed by atoms with Gasteiger partial charge >= 0.3 is 0 Å². The van der Waals surface area contributed by atoms with Gasteiger partial charge in [0.2, 0.25) is 0 Å². The van der Waals surface area contributed by atoms with Crippen LogP contribution in [0.15, 0.2) is 30.7 Å². The second kappa shape index (κ2) is 5.85. The second-order valence-electron chi connectivity index (χ2n) is 5.33. The number of anilines is 2. The largest absolute Gasteiger partial charge is 0.355 e. The second-order valence-corrected chi connectivity index (χ2v) is 5.73. The van der Waals surface area contributed by atoms with Crippen molar-refractivity contribution in [2.75, 3.05) is 29.9 Å². The van der Waals surface area contributed by atoms with E-state index in [2.05, 4.69) is 31.8 Å². The van der Waals surface area contributed by atoms with Crippen LogP contribution in [0.3, 0.4) is 0 Å². The number of nitrogens with zero attached hydrogens (tertiary/aromatic N) is 5. The van der Waals surface area contributed by atoms with Gasteiger partial charge in [0.25, 0.3) is 0 Å². The van der Waals surface area contributed by atoms with Crippen LogP contribution in [0.2, 0.25) is 5.02 Å². The maximum absolute atomic E-state index is 6.23. The van der Waals surface area contributed by atoms with Gasteiger partial charge in [-0.1, -0.05) is 11.6 Å². The van der Waals surface area contributed by atoms with Crippen LogP contribution < -0.4 is 9.80 Å². The molecule has 0 N–H and O–H groups in total. The summed E-state index contributed by atoms with van der Waals surface area (Å²) >= 11 is 6.23. The Morgan fingerprint density at radius 2 is 2.19 bits per heavy atom. The van der Waals surface area contributed by atoms with E-state index < -0.39 is 0 Å². The summed E-state index contributed by atoms with van der Waals surface area (Å²) in [5.74, 6) is 1.83. The van der Waals surface area contributed by atoms with Crippen molar-refractivity contribution in [3.63, 3.8) is 0 Å². The lowest BCUT2D eigenvalue weighted by Gasteiger charge is -2.26. The quantitative estimate of drug-likeness (QED) is 0.872. The normalized spacial score (nSPS) is 18.0. The van der Waals surface area contributed by atoms with Gasteiger partial charge in [-0.05, 0) is 25.5 Å². The molecule has 1 aliphatic rings. The molecule has 5 nitrogen and oxygen atoms in total. The van der Waals surface area contributed by atoms with Crippen molar-refractivity contribution in [3.05, 3.63) is 41.4 Å². The average molecular weight is 304 g/mol. The molecule has 2 aromatic heterocycles. The molecular formula is C15H18ClN5. The lowest BCUT2D eigenvalue weighted by Crippen LogP contribution is -2.35. The standard InChI is InChI=1S/C15H18ClN5/c1-11-8-14(19-10-18-11)20(2)12-5-7-21(9-12)15-13(16)4-3-6-17-15/h3-4,6,8,10,12H,5,7,9H2,1-2H3. The zero-order chi connectivity index (χ0) is 14.8. The van der Waals surface area contributed by atoms with Gasteiger partial charge in [0.15, 0.2) is 0 Å². The molecule has 0 radical (unpaired) electrons. The molecule has 2 aromatic rings. The molecule has 0 spiro atoms. The Kier molecular flexibility index (Phi) is 3.92. The molecule has 0 aliphatic carbocycles. The Hall–Kier alpha value is -1.88. The van der Waals surface area contributed by atoms with Crippen molar-refractivity contribution in [2.24, 2.45) is 0 Å². The molecule has 1 saturated heterocycles. The fourth-order valence-corrected chi connectivity index (χ4v) is 2.92. The summed E-state index contributed by atoms with van der Waals surface area (Å²) in [5, 5.41) is 0.707. The Morgan fingerprint density at radius 1 is 1.33 bits per heavy atom. The van der Waals surface area contributed by atoms with Crippen LogP contribution in [-0.4, -0.2) is 41.1 Å². The van der Waals surface area contributed by atoms with Crippen molar-refractivity contribution >= 4 is 23.2 Å². The van der Waals surface area contributed by atoms with Crippen LogP contribution in [0.1, 0.15) is 12.1 Å². The van der Waals surface area contributed by atoms with Gasteiger partial charge < -0.3 is 9.80 Å².